The average Bonchev–Trinajstić information content (AvgIpc) is 2.80. The van der Waals surface area contributed by atoms with E-state index >= 15 is 0 Å². The molecule has 0 unspecified atom stereocenters. The van der Waals surface area contributed by atoms with Crippen LogP contribution in [-0.2, 0) is 26.2 Å². The zero-order valence-corrected chi connectivity index (χ0v) is 20.4. The predicted octanol–water partition coefficient (Wildman–Crippen LogP) is 2.02. The Morgan fingerprint density at radius 3 is 2.30 bits per heavy atom. The van der Waals surface area contributed by atoms with Crippen molar-refractivity contribution in [2.75, 3.05) is 37.9 Å². The summed E-state index contributed by atoms with van der Waals surface area (Å²) < 4.78 is 36.7. The van der Waals surface area contributed by atoms with Gasteiger partial charge >= 0.3 is 0 Å². The predicted molar refractivity (Wildman–Crippen MR) is 127 cm³/mol. The number of nitrogens with zero attached hydrogens (tertiary/aromatic N) is 2. The second-order valence-electron chi connectivity index (χ2n) is 7.36. The molecule has 0 bridgehead atoms. The summed E-state index contributed by atoms with van der Waals surface area (Å²) >= 11 is 0. The van der Waals surface area contributed by atoms with E-state index in [0.717, 1.165) is 16.1 Å². The lowest BCUT2D eigenvalue weighted by molar-refractivity contribution is -0.139. The topological polar surface area (TPSA) is 105 Å². The number of rotatable bonds is 11. The Balaban J connectivity index is 2.36. The van der Waals surface area contributed by atoms with Crippen LogP contribution in [-0.4, -0.2) is 64.7 Å². The second-order valence-corrected chi connectivity index (χ2v) is 9.27. The van der Waals surface area contributed by atoms with Crippen molar-refractivity contribution in [1.82, 2.24) is 10.2 Å². The van der Waals surface area contributed by atoms with Gasteiger partial charge in [-0.1, -0.05) is 12.1 Å². The van der Waals surface area contributed by atoms with Crippen molar-refractivity contribution in [1.29, 1.82) is 0 Å². The van der Waals surface area contributed by atoms with Crippen LogP contribution in [0.4, 0.5) is 5.69 Å². The molecule has 1 N–H and O–H groups in total. The van der Waals surface area contributed by atoms with Gasteiger partial charge in [0.2, 0.25) is 21.8 Å². The molecule has 2 rings (SSSR count). The number of carbonyl (C=O) groups is 2. The van der Waals surface area contributed by atoms with Gasteiger partial charge in [0.15, 0.2) is 0 Å². The fraction of sp³-hybridized carbons (Fsp3) is 0.391. The zero-order chi connectivity index (χ0) is 24.6. The number of methoxy groups -OCH3 is 1. The summed E-state index contributed by atoms with van der Waals surface area (Å²) in [5.41, 5.74) is 1.06. The fourth-order valence-corrected chi connectivity index (χ4v) is 4.10. The van der Waals surface area contributed by atoms with Gasteiger partial charge in [-0.05, 0) is 55.8 Å². The molecule has 0 aliphatic heterocycles. The highest BCUT2D eigenvalue weighted by molar-refractivity contribution is 7.92. The second kappa shape index (κ2) is 11.6. The maximum absolute atomic E-state index is 13.3. The van der Waals surface area contributed by atoms with Gasteiger partial charge in [-0.2, -0.15) is 0 Å². The van der Waals surface area contributed by atoms with E-state index in [0.29, 0.717) is 23.8 Å². The van der Waals surface area contributed by atoms with E-state index < -0.39 is 28.5 Å². The number of benzene rings is 2. The molecule has 2 aromatic carbocycles. The molecule has 0 aliphatic rings. The van der Waals surface area contributed by atoms with Crippen LogP contribution < -0.4 is 19.1 Å². The summed E-state index contributed by atoms with van der Waals surface area (Å²) in [5, 5.41) is 2.54. The number of ether oxygens (including phenoxy) is 2. The number of amides is 2. The Bertz CT molecular complexity index is 1060. The first-order chi connectivity index (χ1) is 15.6. The number of sulfonamides is 1. The molecule has 2 aromatic rings. The average molecular weight is 478 g/mol. The number of carbonyl (C=O) groups excluding carboxylic acids is 2. The molecule has 0 aromatic heterocycles. The number of hydrogen-bond donors (Lipinski definition) is 1. The SMILES string of the molecule is CCOc1ccc(N(CC(=O)N(Cc2cccc(OC)c2)[C@@H](C)C(=O)NC)S(C)(=O)=O)cc1. The number of likely N-dealkylation sites (N-methyl/N-ethyl adjacent to an activating group) is 1. The first-order valence-electron chi connectivity index (χ1n) is 10.4. The van der Waals surface area contributed by atoms with Gasteiger partial charge in [0.1, 0.15) is 24.1 Å². The maximum atomic E-state index is 13.3. The van der Waals surface area contributed by atoms with Crippen LogP contribution in [0.15, 0.2) is 48.5 Å². The zero-order valence-electron chi connectivity index (χ0n) is 19.6. The van der Waals surface area contributed by atoms with Crippen LogP contribution in [0.2, 0.25) is 0 Å². The summed E-state index contributed by atoms with van der Waals surface area (Å²) in [6, 6.07) is 12.7. The molecule has 9 nitrogen and oxygen atoms in total. The van der Waals surface area contributed by atoms with Crippen molar-refractivity contribution in [2.45, 2.75) is 26.4 Å². The van der Waals surface area contributed by atoms with Crippen molar-refractivity contribution in [3.8, 4) is 11.5 Å². The molecular formula is C23H31N3O6S. The summed E-state index contributed by atoms with van der Waals surface area (Å²) in [5.74, 6) is 0.319. The molecule has 1 atom stereocenters. The van der Waals surface area contributed by atoms with Crippen molar-refractivity contribution in [3.63, 3.8) is 0 Å². The molecule has 33 heavy (non-hydrogen) atoms. The summed E-state index contributed by atoms with van der Waals surface area (Å²) in [6.07, 6.45) is 1.03. The molecule has 0 saturated heterocycles. The van der Waals surface area contributed by atoms with E-state index in [9.17, 15) is 18.0 Å². The lowest BCUT2D eigenvalue weighted by atomic mass is 10.1. The molecule has 2 amide bonds. The van der Waals surface area contributed by atoms with Crippen molar-refractivity contribution < 1.29 is 27.5 Å². The molecule has 0 heterocycles. The Kier molecular flexibility index (Phi) is 9.10. The van der Waals surface area contributed by atoms with Crippen LogP contribution in [0.3, 0.4) is 0 Å². The van der Waals surface area contributed by atoms with Gasteiger partial charge in [0.25, 0.3) is 0 Å². The molecule has 10 heteroatoms. The lowest BCUT2D eigenvalue weighted by Gasteiger charge is -2.31. The largest absolute Gasteiger partial charge is 0.497 e. The quantitative estimate of drug-likeness (QED) is 0.531. The molecule has 0 fully saturated rings. The van der Waals surface area contributed by atoms with Gasteiger partial charge in [-0.15, -0.1) is 0 Å². The van der Waals surface area contributed by atoms with E-state index in [1.54, 1.807) is 55.5 Å². The third-order valence-corrected chi connectivity index (χ3v) is 6.16. The molecular weight excluding hydrogens is 446 g/mol. The van der Waals surface area contributed by atoms with E-state index in [1.807, 2.05) is 6.92 Å². The number of anilines is 1. The molecule has 0 saturated carbocycles. The highest BCUT2D eigenvalue weighted by atomic mass is 32.2. The fourth-order valence-electron chi connectivity index (χ4n) is 3.25. The first-order valence-corrected chi connectivity index (χ1v) is 12.3. The van der Waals surface area contributed by atoms with E-state index in [2.05, 4.69) is 5.32 Å². The minimum absolute atomic E-state index is 0.103. The summed E-state index contributed by atoms with van der Waals surface area (Å²) in [7, 11) is -0.763. The minimum Gasteiger partial charge on any atom is -0.497 e. The van der Waals surface area contributed by atoms with Gasteiger partial charge in [-0.25, -0.2) is 8.42 Å². The lowest BCUT2D eigenvalue weighted by Crippen LogP contribution is -2.50. The van der Waals surface area contributed by atoms with E-state index in [-0.39, 0.29) is 12.5 Å². The van der Waals surface area contributed by atoms with Gasteiger partial charge in [0, 0.05) is 13.6 Å². The van der Waals surface area contributed by atoms with Crippen LogP contribution in [0, 0.1) is 0 Å². The number of hydrogen-bond acceptors (Lipinski definition) is 6. The van der Waals surface area contributed by atoms with Gasteiger partial charge in [0.05, 0.1) is 25.7 Å². The molecule has 180 valence electrons. The third kappa shape index (κ3) is 7.11. The Hall–Kier alpha value is -3.27. The minimum atomic E-state index is -3.78. The highest BCUT2D eigenvalue weighted by Gasteiger charge is 2.29. The smallest absolute Gasteiger partial charge is 0.244 e. The van der Waals surface area contributed by atoms with Gasteiger partial charge < -0.3 is 19.7 Å². The Morgan fingerprint density at radius 2 is 1.76 bits per heavy atom. The first kappa shape index (κ1) is 26.0. The standard InChI is InChI=1S/C23H31N3O6S/c1-6-32-20-12-10-19(11-13-20)26(33(5,29)30)16-22(27)25(17(2)23(28)24-3)15-18-8-7-9-21(14-18)31-4/h7-14,17H,6,15-16H2,1-5H3,(H,24,28)/t17-/m0/s1. The van der Waals surface area contributed by atoms with Crippen LogP contribution in [0.25, 0.3) is 0 Å². The van der Waals surface area contributed by atoms with E-state index in [4.69, 9.17) is 9.47 Å². The van der Waals surface area contributed by atoms with Crippen LogP contribution in [0.1, 0.15) is 19.4 Å². The van der Waals surface area contributed by atoms with Gasteiger partial charge in [-0.3, -0.25) is 13.9 Å². The van der Waals surface area contributed by atoms with Crippen LogP contribution in [0.5, 0.6) is 11.5 Å². The van der Waals surface area contributed by atoms with Crippen molar-refractivity contribution in [3.05, 3.63) is 54.1 Å². The monoisotopic (exact) mass is 477 g/mol. The molecule has 0 spiro atoms. The summed E-state index contributed by atoms with van der Waals surface area (Å²) in [4.78, 5) is 27.0. The third-order valence-electron chi connectivity index (χ3n) is 5.02. The van der Waals surface area contributed by atoms with Crippen molar-refractivity contribution in [2.24, 2.45) is 0 Å². The normalized spacial score (nSPS) is 11.9. The Morgan fingerprint density at radius 1 is 1.09 bits per heavy atom. The number of nitrogens with one attached hydrogen (secondary N) is 1. The maximum Gasteiger partial charge on any atom is 0.244 e. The van der Waals surface area contributed by atoms with E-state index in [1.165, 1.54) is 19.1 Å². The van der Waals surface area contributed by atoms with Crippen LogP contribution >= 0.6 is 0 Å². The summed E-state index contributed by atoms with van der Waals surface area (Å²) in [6.45, 7) is 3.56. The molecule has 0 radical (unpaired) electrons. The van der Waals surface area contributed by atoms with Crippen molar-refractivity contribution >= 4 is 27.5 Å². The Labute approximate surface area is 195 Å². The molecule has 0 aliphatic carbocycles. The highest BCUT2D eigenvalue weighted by Crippen LogP contribution is 2.23.